The first-order valence-electron chi connectivity index (χ1n) is 20.9. The van der Waals surface area contributed by atoms with Crippen LogP contribution in [-0.2, 0) is 0 Å². The number of ether oxygens (including phenoxy) is 2. The van der Waals surface area contributed by atoms with Gasteiger partial charge in [0, 0.05) is 68.4 Å². The first kappa shape index (κ1) is 34.6. The topological polar surface area (TPSA) is 29.9 Å². The lowest BCUT2D eigenvalue weighted by molar-refractivity contribution is 0.250. The van der Waals surface area contributed by atoms with Crippen molar-refractivity contribution in [2.24, 2.45) is 0 Å². The van der Waals surface area contributed by atoms with Crippen LogP contribution in [0.4, 0.5) is 34.1 Å². The lowest BCUT2D eigenvalue weighted by Crippen LogP contribution is -2.61. The van der Waals surface area contributed by atoms with Gasteiger partial charge in [0.15, 0.2) is 0 Å². The number of allylic oxidation sites excluding steroid dienone is 4. The number of hydrogen-bond donors (Lipinski definition) is 0. The Bertz CT molecular complexity index is 3050. The van der Waals surface area contributed by atoms with Crippen molar-refractivity contribution in [2.75, 3.05) is 9.80 Å². The molecule has 2 aliphatic carbocycles. The smallest absolute Gasteiger partial charge is 0.234 e. The molecular weight excluding hydrogens is 733 g/mol. The van der Waals surface area contributed by atoms with Crippen LogP contribution in [0.15, 0.2) is 200 Å². The van der Waals surface area contributed by atoms with Gasteiger partial charge in [0.25, 0.3) is 0 Å². The summed E-state index contributed by atoms with van der Waals surface area (Å²) in [6, 6.07) is 64.7. The molecule has 0 N–H and O–H groups in total. The van der Waals surface area contributed by atoms with Crippen molar-refractivity contribution in [3.05, 3.63) is 211 Å². The second-order valence-electron chi connectivity index (χ2n) is 15.9. The second kappa shape index (κ2) is 14.1. The number of aromatic nitrogens is 1. The summed E-state index contributed by atoms with van der Waals surface area (Å²) < 4.78 is 17.2. The maximum Gasteiger partial charge on any atom is 0.234 e. The van der Waals surface area contributed by atoms with E-state index < -0.39 is 0 Å². The fraction of sp³-hybridized carbons (Fsp3) is 0.0741. The van der Waals surface area contributed by atoms with Gasteiger partial charge in [-0.15, -0.1) is 0 Å². The van der Waals surface area contributed by atoms with Crippen LogP contribution >= 0.6 is 0 Å². The van der Waals surface area contributed by atoms with Gasteiger partial charge in [-0.1, -0.05) is 115 Å². The zero-order valence-electron chi connectivity index (χ0n) is 32.9. The Morgan fingerprint density at radius 1 is 0.550 bits per heavy atom. The van der Waals surface area contributed by atoms with E-state index in [0.717, 1.165) is 80.5 Å². The highest BCUT2D eigenvalue weighted by molar-refractivity contribution is 6.89. The van der Waals surface area contributed by atoms with E-state index in [4.69, 9.17) is 9.47 Å². The standard InChI is InChI=1S/C54H40BN3O2/c1-6-18-37(19-7-1)56(38-20-8-2-9-21-38)42-30-32-46-49(34-42)59-51-36-45-44-28-16-17-29-48(44)58(41-26-14-5-15-27-41)53(45)54-52(51)55(46)47-33-31-43(35-50(47)60-54)57(39-22-10-3-11-23-39)40-24-12-4-13-25-40/h1-14,16-26,28-36,51-52H,15,27H2. The molecule has 1 aromatic heterocycles. The minimum absolute atomic E-state index is 0.0134. The summed E-state index contributed by atoms with van der Waals surface area (Å²) in [6.45, 7) is -0.0134. The van der Waals surface area contributed by atoms with Crippen LogP contribution < -0.4 is 40.8 Å². The fourth-order valence-corrected chi connectivity index (χ4v) is 9.94. The van der Waals surface area contributed by atoms with Crippen molar-refractivity contribution >= 4 is 80.2 Å². The van der Waals surface area contributed by atoms with Crippen molar-refractivity contribution in [3.8, 4) is 11.5 Å². The zero-order chi connectivity index (χ0) is 39.6. The molecule has 60 heavy (non-hydrogen) atoms. The normalized spacial score (nSPS) is 16.9. The summed E-state index contributed by atoms with van der Waals surface area (Å²) in [4.78, 5) is 4.62. The van der Waals surface area contributed by atoms with Gasteiger partial charge >= 0.3 is 0 Å². The first-order valence-corrected chi connectivity index (χ1v) is 20.9. The van der Waals surface area contributed by atoms with Crippen molar-refractivity contribution in [2.45, 2.75) is 24.8 Å². The van der Waals surface area contributed by atoms with E-state index in [9.17, 15) is 0 Å². The summed E-state index contributed by atoms with van der Waals surface area (Å²) in [6.07, 6.45) is 10.8. The van der Waals surface area contributed by atoms with Gasteiger partial charge in [-0.25, -0.2) is 0 Å². The summed E-state index contributed by atoms with van der Waals surface area (Å²) in [5.74, 6) is 2.66. The van der Waals surface area contributed by atoms with E-state index in [-0.39, 0.29) is 18.6 Å². The van der Waals surface area contributed by atoms with Gasteiger partial charge in [-0.05, 0) is 103 Å². The highest BCUT2D eigenvalue weighted by atomic mass is 16.5. The number of hydrogen-bond acceptors (Lipinski definition) is 4. The molecule has 0 saturated carbocycles. The third-order valence-corrected chi connectivity index (χ3v) is 12.5. The summed E-state index contributed by atoms with van der Waals surface area (Å²) in [7, 11) is 0. The molecular formula is C54H40BN3O2. The van der Waals surface area contributed by atoms with Crippen molar-refractivity contribution in [3.63, 3.8) is 0 Å². The average Bonchev–Trinajstić information content (AvgIpc) is 3.65. The van der Waals surface area contributed by atoms with Crippen LogP contribution in [0.5, 0.6) is 11.5 Å². The molecule has 5 nitrogen and oxygen atoms in total. The van der Waals surface area contributed by atoms with Gasteiger partial charge in [0.05, 0.1) is 10.9 Å². The minimum atomic E-state index is -0.250. The molecule has 2 unspecified atom stereocenters. The molecule has 0 fully saturated rings. The van der Waals surface area contributed by atoms with E-state index in [1.54, 1.807) is 0 Å². The van der Waals surface area contributed by atoms with Crippen molar-refractivity contribution in [1.82, 2.24) is 4.57 Å². The second-order valence-corrected chi connectivity index (χ2v) is 15.9. The summed E-state index contributed by atoms with van der Waals surface area (Å²) in [5, 5.41) is 3.50. The molecule has 2 aliphatic heterocycles. The highest BCUT2D eigenvalue weighted by Gasteiger charge is 2.50. The number of rotatable bonds is 7. The molecule has 0 saturated heterocycles. The van der Waals surface area contributed by atoms with Crippen LogP contribution in [0.1, 0.15) is 12.8 Å². The van der Waals surface area contributed by atoms with Gasteiger partial charge in [0.2, 0.25) is 6.71 Å². The Morgan fingerprint density at radius 3 is 1.65 bits per heavy atom. The number of fused-ring (bicyclic) bond motifs is 7. The molecule has 12 rings (SSSR count). The quantitative estimate of drug-likeness (QED) is 0.151. The third kappa shape index (κ3) is 5.55. The maximum atomic E-state index is 7.43. The van der Waals surface area contributed by atoms with Crippen LogP contribution in [-0.4, -0.2) is 17.4 Å². The summed E-state index contributed by atoms with van der Waals surface area (Å²) >= 11 is 0. The number of benzene rings is 7. The Kier molecular flexibility index (Phi) is 8.15. The van der Waals surface area contributed by atoms with Crippen molar-refractivity contribution in [1.29, 1.82) is 0 Å². The van der Waals surface area contributed by atoms with Gasteiger partial charge < -0.3 is 23.8 Å². The summed E-state index contributed by atoms with van der Waals surface area (Å²) in [5.41, 5.74) is 11.2. The predicted molar refractivity (Wildman–Crippen MR) is 248 cm³/mol. The van der Waals surface area contributed by atoms with E-state index >= 15 is 0 Å². The Labute approximate surface area is 349 Å². The molecule has 286 valence electrons. The van der Waals surface area contributed by atoms with Crippen molar-refractivity contribution < 1.29 is 9.47 Å². The van der Waals surface area contributed by atoms with Gasteiger partial charge in [0.1, 0.15) is 23.4 Å². The Morgan fingerprint density at radius 2 is 1.08 bits per heavy atom. The molecule has 0 amide bonds. The molecule has 7 aromatic carbocycles. The monoisotopic (exact) mass is 773 g/mol. The molecule has 3 heterocycles. The minimum Gasteiger partial charge on any atom is -0.487 e. The van der Waals surface area contributed by atoms with E-state index in [0.29, 0.717) is 0 Å². The average molecular weight is 774 g/mol. The highest BCUT2D eigenvalue weighted by Crippen LogP contribution is 2.46. The lowest BCUT2D eigenvalue weighted by atomic mass is 9.30. The molecule has 2 atom stereocenters. The molecule has 0 bridgehead atoms. The predicted octanol–water partition coefficient (Wildman–Crippen LogP) is 10.5. The van der Waals surface area contributed by atoms with Crippen LogP contribution in [0, 0.1) is 0 Å². The molecule has 4 aliphatic rings. The largest absolute Gasteiger partial charge is 0.487 e. The molecule has 8 aromatic rings. The molecule has 6 heteroatoms. The SMILES string of the molecule is C1=CCCC(n2c3c(c4ccccc42)=CC2Oc4cc(N(c5ccccc5)c5ccccc5)ccc4B4c5ccc(N(c6ccccc6)c6ccccc6)cc5OC=3C42)=C1. The molecule has 0 spiro atoms. The van der Waals surface area contributed by atoms with E-state index in [1.807, 2.05) is 0 Å². The van der Waals surface area contributed by atoms with Gasteiger partial charge in [-0.2, -0.15) is 0 Å². The number of nitrogens with zero attached hydrogens (tertiary/aromatic N) is 3. The third-order valence-electron chi connectivity index (χ3n) is 12.5. The zero-order valence-corrected chi connectivity index (χ0v) is 32.9. The fourth-order valence-electron chi connectivity index (χ4n) is 9.94. The van der Waals surface area contributed by atoms with Crippen LogP contribution in [0.2, 0.25) is 5.82 Å². The Balaban J connectivity index is 1.10. The van der Waals surface area contributed by atoms with E-state index in [2.05, 4.69) is 221 Å². The number of anilines is 6. The first-order chi connectivity index (χ1) is 29.8. The number of para-hydroxylation sites is 5. The maximum absolute atomic E-state index is 7.43. The van der Waals surface area contributed by atoms with Crippen LogP contribution in [0.25, 0.3) is 28.4 Å². The van der Waals surface area contributed by atoms with E-state index in [1.165, 1.54) is 21.8 Å². The lowest BCUT2D eigenvalue weighted by Gasteiger charge is -2.43. The molecule has 0 radical (unpaired) electrons. The Hall–Kier alpha value is -7.44. The van der Waals surface area contributed by atoms with Gasteiger partial charge in [-0.3, -0.25) is 0 Å². The van der Waals surface area contributed by atoms with Crippen LogP contribution in [0.3, 0.4) is 0 Å².